The zero-order valence-corrected chi connectivity index (χ0v) is 11.9. The van der Waals surface area contributed by atoms with Gasteiger partial charge in [-0.05, 0) is 31.7 Å². The van der Waals surface area contributed by atoms with Crippen LogP contribution in [0.2, 0.25) is 0 Å². The molecule has 22 heavy (non-hydrogen) atoms. The molecule has 0 bridgehead atoms. The Morgan fingerprint density at radius 2 is 2.18 bits per heavy atom. The largest absolute Gasteiger partial charge is 0.337 e. The van der Waals surface area contributed by atoms with Crippen LogP contribution in [0.5, 0.6) is 0 Å². The molecule has 0 spiro atoms. The van der Waals surface area contributed by atoms with E-state index in [0.29, 0.717) is 18.4 Å². The Kier molecular flexibility index (Phi) is 3.02. The molecule has 8 heteroatoms. The smallest absolute Gasteiger partial charge is 0.274 e. The van der Waals surface area contributed by atoms with Gasteiger partial charge in [-0.1, -0.05) is 5.16 Å². The van der Waals surface area contributed by atoms with Crippen LogP contribution < -0.4 is 5.56 Å². The summed E-state index contributed by atoms with van der Waals surface area (Å²) in [6.45, 7) is 0.617. The normalized spacial score (nSPS) is 21.3. The molecule has 1 unspecified atom stereocenters. The monoisotopic (exact) mass is 301 g/mol. The molecule has 8 nitrogen and oxygen atoms in total. The van der Waals surface area contributed by atoms with E-state index in [4.69, 9.17) is 4.52 Å². The Morgan fingerprint density at radius 1 is 1.32 bits per heavy atom. The van der Waals surface area contributed by atoms with Crippen LogP contribution in [0.25, 0.3) is 0 Å². The summed E-state index contributed by atoms with van der Waals surface area (Å²) >= 11 is 0. The molecular weight excluding hydrogens is 286 g/mol. The van der Waals surface area contributed by atoms with Crippen LogP contribution in [0.1, 0.15) is 59.8 Å². The van der Waals surface area contributed by atoms with E-state index in [-0.39, 0.29) is 23.2 Å². The van der Waals surface area contributed by atoms with Gasteiger partial charge in [-0.15, -0.1) is 0 Å². The number of amides is 1. The van der Waals surface area contributed by atoms with Crippen molar-refractivity contribution in [3.8, 4) is 0 Å². The predicted octanol–water partition coefficient (Wildman–Crippen LogP) is 1.01. The maximum atomic E-state index is 12.5. The van der Waals surface area contributed by atoms with E-state index in [2.05, 4.69) is 20.3 Å². The Balaban J connectivity index is 1.58. The molecule has 2 fully saturated rings. The van der Waals surface area contributed by atoms with E-state index in [1.807, 2.05) is 0 Å². The Hall–Kier alpha value is -2.51. The number of aromatic nitrogens is 4. The van der Waals surface area contributed by atoms with Crippen LogP contribution in [0.4, 0.5) is 0 Å². The number of carbonyl (C=O) groups is 1. The van der Waals surface area contributed by atoms with Gasteiger partial charge in [0, 0.05) is 18.5 Å². The van der Waals surface area contributed by atoms with Gasteiger partial charge >= 0.3 is 0 Å². The fourth-order valence-electron chi connectivity index (χ4n) is 2.77. The lowest BCUT2D eigenvalue weighted by atomic mass is 10.2. The second-order valence-electron chi connectivity index (χ2n) is 5.73. The lowest BCUT2D eigenvalue weighted by Crippen LogP contribution is -2.32. The predicted molar refractivity (Wildman–Crippen MR) is 74.1 cm³/mol. The van der Waals surface area contributed by atoms with Crippen LogP contribution in [-0.2, 0) is 0 Å². The minimum Gasteiger partial charge on any atom is -0.337 e. The van der Waals surface area contributed by atoms with Crippen molar-refractivity contribution in [2.75, 3.05) is 6.54 Å². The number of likely N-dealkylation sites (tertiary alicyclic amines) is 1. The molecular formula is C14H15N5O3. The van der Waals surface area contributed by atoms with Crippen LogP contribution in [-0.4, -0.2) is 37.7 Å². The molecule has 1 atom stereocenters. The molecule has 0 aromatic carbocycles. The summed E-state index contributed by atoms with van der Waals surface area (Å²) in [7, 11) is 0. The molecule has 2 aromatic heterocycles. The highest BCUT2D eigenvalue weighted by Gasteiger charge is 2.37. The van der Waals surface area contributed by atoms with Crippen molar-refractivity contribution in [3.63, 3.8) is 0 Å². The summed E-state index contributed by atoms with van der Waals surface area (Å²) in [5, 5.41) is 10.1. The average molecular weight is 301 g/mol. The van der Waals surface area contributed by atoms with Crippen molar-refractivity contribution in [3.05, 3.63) is 39.9 Å². The summed E-state index contributed by atoms with van der Waals surface area (Å²) in [6, 6.07) is 2.52. The first-order valence-corrected chi connectivity index (χ1v) is 7.42. The maximum absolute atomic E-state index is 12.5. The molecule has 1 aliphatic carbocycles. The Morgan fingerprint density at radius 3 is 2.91 bits per heavy atom. The van der Waals surface area contributed by atoms with Crippen LogP contribution >= 0.6 is 0 Å². The Labute approximate surface area is 125 Å². The van der Waals surface area contributed by atoms with Crippen LogP contribution in [0.3, 0.4) is 0 Å². The third-order valence-corrected chi connectivity index (χ3v) is 4.10. The minimum atomic E-state index is -0.333. The highest BCUT2D eigenvalue weighted by molar-refractivity contribution is 5.92. The number of hydrogen-bond acceptors (Lipinski definition) is 6. The molecule has 2 aromatic rings. The molecule has 114 valence electrons. The SMILES string of the molecule is O=C(c1ccc(=O)[nH]n1)N1CCCC1c1nc(C2CC2)no1. The quantitative estimate of drug-likeness (QED) is 0.907. The molecule has 1 saturated carbocycles. The number of H-pyrrole nitrogens is 1. The summed E-state index contributed by atoms with van der Waals surface area (Å²) in [4.78, 5) is 29.7. The standard InChI is InChI=1S/C14H15N5O3/c20-11-6-5-9(16-17-11)14(21)19-7-1-2-10(19)13-15-12(18-22-13)8-3-4-8/h5-6,8,10H,1-4,7H2,(H,17,20). The molecule has 1 N–H and O–H groups in total. The third-order valence-electron chi connectivity index (χ3n) is 4.10. The molecule has 0 radical (unpaired) electrons. The molecule has 4 rings (SSSR count). The number of rotatable bonds is 3. The van der Waals surface area contributed by atoms with Crippen molar-refractivity contribution < 1.29 is 9.32 Å². The van der Waals surface area contributed by atoms with Crippen molar-refractivity contribution in [2.45, 2.75) is 37.6 Å². The fourth-order valence-corrected chi connectivity index (χ4v) is 2.77. The van der Waals surface area contributed by atoms with Gasteiger partial charge in [0.25, 0.3) is 11.5 Å². The Bertz CT molecular complexity index is 743. The van der Waals surface area contributed by atoms with Crippen LogP contribution in [0, 0.1) is 0 Å². The minimum absolute atomic E-state index is 0.207. The molecule has 1 saturated heterocycles. The summed E-state index contributed by atoms with van der Waals surface area (Å²) in [5.74, 6) is 1.43. The van der Waals surface area contributed by atoms with Crippen molar-refractivity contribution in [1.82, 2.24) is 25.2 Å². The highest BCUT2D eigenvalue weighted by atomic mass is 16.5. The first-order valence-electron chi connectivity index (χ1n) is 7.42. The number of nitrogens with one attached hydrogen (secondary N) is 1. The average Bonchev–Trinajstić information content (AvgIpc) is 3.08. The van der Waals surface area contributed by atoms with E-state index in [1.165, 1.54) is 12.1 Å². The lowest BCUT2D eigenvalue weighted by molar-refractivity contribution is 0.0702. The van der Waals surface area contributed by atoms with Gasteiger partial charge in [-0.25, -0.2) is 5.10 Å². The molecule has 3 heterocycles. The van der Waals surface area contributed by atoms with Crippen LogP contribution in [0.15, 0.2) is 21.5 Å². The van der Waals surface area contributed by atoms with Crippen molar-refractivity contribution >= 4 is 5.91 Å². The zero-order chi connectivity index (χ0) is 15.1. The van der Waals surface area contributed by atoms with E-state index in [0.717, 1.165) is 31.5 Å². The van der Waals surface area contributed by atoms with Gasteiger partial charge in [0.15, 0.2) is 5.82 Å². The number of carbonyl (C=O) groups excluding carboxylic acids is 1. The van der Waals surface area contributed by atoms with Crippen molar-refractivity contribution in [1.29, 1.82) is 0 Å². The topological polar surface area (TPSA) is 105 Å². The van der Waals surface area contributed by atoms with Gasteiger partial charge in [-0.3, -0.25) is 9.59 Å². The van der Waals surface area contributed by atoms with E-state index in [9.17, 15) is 9.59 Å². The van der Waals surface area contributed by atoms with Gasteiger partial charge in [0.2, 0.25) is 5.89 Å². The number of hydrogen-bond donors (Lipinski definition) is 1. The van der Waals surface area contributed by atoms with E-state index >= 15 is 0 Å². The highest BCUT2D eigenvalue weighted by Crippen LogP contribution is 2.39. The number of nitrogens with zero attached hydrogens (tertiary/aromatic N) is 4. The fraction of sp³-hybridized carbons (Fsp3) is 0.500. The first kappa shape index (κ1) is 13.2. The van der Waals surface area contributed by atoms with Gasteiger partial charge in [0.05, 0.1) is 0 Å². The second-order valence-corrected chi connectivity index (χ2v) is 5.73. The second kappa shape index (κ2) is 5.04. The van der Waals surface area contributed by atoms with Gasteiger partial charge in [-0.2, -0.15) is 10.1 Å². The first-order chi connectivity index (χ1) is 10.7. The summed E-state index contributed by atoms with van der Waals surface area (Å²) in [6.07, 6.45) is 3.88. The summed E-state index contributed by atoms with van der Waals surface area (Å²) < 4.78 is 5.35. The van der Waals surface area contributed by atoms with E-state index in [1.54, 1.807) is 4.90 Å². The zero-order valence-electron chi connectivity index (χ0n) is 11.9. The molecule has 1 amide bonds. The maximum Gasteiger partial charge on any atom is 0.274 e. The van der Waals surface area contributed by atoms with Gasteiger partial charge in [0.1, 0.15) is 11.7 Å². The van der Waals surface area contributed by atoms with E-state index < -0.39 is 0 Å². The number of aromatic amines is 1. The molecule has 2 aliphatic rings. The third kappa shape index (κ3) is 2.30. The van der Waals surface area contributed by atoms with Gasteiger partial charge < -0.3 is 9.42 Å². The lowest BCUT2D eigenvalue weighted by Gasteiger charge is -2.21. The van der Waals surface area contributed by atoms with Crippen molar-refractivity contribution in [2.24, 2.45) is 0 Å². The molecule has 1 aliphatic heterocycles. The summed E-state index contributed by atoms with van der Waals surface area (Å²) in [5.41, 5.74) is -0.117.